The van der Waals surface area contributed by atoms with Gasteiger partial charge in [-0.3, -0.25) is 9.59 Å². The number of alkyl halides is 3. The Labute approximate surface area is 182 Å². The largest absolute Gasteiger partial charge is 0.416 e. The zero-order valence-electron chi connectivity index (χ0n) is 17.2. The van der Waals surface area contributed by atoms with Crippen LogP contribution in [-0.4, -0.2) is 11.8 Å². The second-order valence-electron chi connectivity index (χ2n) is 9.11. The lowest BCUT2D eigenvalue weighted by Crippen LogP contribution is -2.34. The van der Waals surface area contributed by atoms with Crippen molar-refractivity contribution >= 4 is 17.5 Å². The van der Waals surface area contributed by atoms with Crippen LogP contribution in [0.3, 0.4) is 0 Å². The molecule has 2 fully saturated rings. The Balaban J connectivity index is 1.48. The number of anilines is 1. The number of halogens is 4. The number of nitrogens with one attached hydrogen (secondary N) is 2. The average molecular weight is 446 g/mol. The highest BCUT2D eigenvalue weighted by molar-refractivity contribution is 6.07. The minimum Gasteiger partial charge on any atom is -0.345 e. The van der Waals surface area contributed by atoms with Crippen LogP contribution in [0.2, 0.25) is 0 Å². The molecule has 2 aromatic rings. The van der Waals surface area contributed by atoms with Gasteiger partial charge in [-0.2, -0.15) is 13.2 Å². The lowest BCUT2D eigenvalue weighted by molar-refractivity contribution is -0.137. The Bertz CT molecular complexity index is 1110. The van der Waals surface area contributed by atoms with Crippen molar-refractivity contribution in [1.82, 2.24) is 5.32 Å². The molecule has 1 heterocycles. The fraction of sp³-hybridized carbons (Fsp3) is 0.417. The van der Waals surface area contributed by atoms with Gasteiger partial charge in [0, 0.05) is 22.4 Å². The molecule has 2 N–H and O–H groups in total. The Morgan fingerprint density at radius 3 is 2.59 bits per heavy atom. The van der Waals surface area contributed by atoms with E-state index >= 15 is 0 Å². The SMILES string of the molecule is O=C(Nc1cccc2c1C(C1CCCCC13CC3)NC2=O)c1cc(F)cc(C(F)(F)F)c1. The normalized spacial score (nSPS) is 23.6. The van der Waals surface area contributed by atoms with Crippen molar-refractivity contribution in [2.24, 2.45) is 11.3 Å². The number of hydrogen-bond donors (Lipinski definition) is 2. The summed E-state index contributed by atoms with van der Waals surface area (Å²) >= 11 is 0. The quantitative estimate of drug-likeness (QED) is 0.581. The van der Waals surface area contributed by atoms with Crippen LogP contribution in [-0.2, 0) is 6.18 Å². The summed E-state index contributed by atoms with van der Waals surface area (Å²) < 4.78 is 52.9. The second-order valence-corrected chi connectivity index (χ2v) is 9.11. The molecule has 5 rings (SSSR count). The van der Waals surface area contributed by atoms with E-state index in [0.717, 1.165) is 38.2 Å². The Kier molecular flexibility index (Phi) is 4.80. The van der Waals surface area contributed by atoms with Crippen molar-refractivity contribution in [2.45, 2.75) is 50.7 Å². The zero-order chi connectivity index (χ0) is 22.7. The highest BCUT2D eigenvalue weighted by atomic mass is 19.4. The van der Waals surface area contributed by atoms with Gasteiger partial charge in [-0.15, -0.1) is 0 Å². The van der Waals surface area contributed by atoms with Crippen LogP contribution >= 0.6 is 0 Å². The summed E-state index contributed by atoms with van der Waals surface area (Å²) in [6.07, 6.45) is 1.82. The van der Waals surface area contributed by atoms with Crippen LogP contribution in [0.25, 0.3) is 0 Å². The van der Waals surface area contributed by atoms with E-state index in [1.54, 1.807) is 18.2 Å². The summed E-state index contributed by atoms with van der Waals surface area (Å²) in [4.78, 5) is 25.5. The van der Waals surface area contributed by atoms with E-state index in [1.807, 2.05) is 0 Å². The lowest BCUT2D eigenvalue weighted by Gasteiger charge is -2.36. The molecule has 1 spiro atoms. The zero-order valence-corrected chi connectivity index (χ0v) is 17.2. The number of fused-ring (bicyclic) bond motifs is 1. The topological polar surface area (TPSA) is 58.2 Å². The van der Waals surface area contributed by atoms with E-state index in [4.69, 9.17) is 0 Å². The van der Waals surface area contributed by atoms with Crippen LogP contribution in [0, 0.1) is 17.2 Å². The Morgan fingerprint density at radius 2 is 1.88 bits per heavy atom. The average Bonchev–Trinajstić information content (AvgIpc) is 3.42. The smallest absolute Gasteiger partial charge is 0.345 e. The summed E-state index contributed by atoms with van der Waals surface area (Å²) in [5.41, 5.74) is 0.0728. The van der Waals surface area contributed by atoms with Crippen LogP contribution < -0.4 is 10.6 Å². The van der Waals surface area contributed by atoms with Gasteiger partial charge in [0.2, 0.25) is 0 Å². The van der Waals surface area contributed by atoms with Crippen molar-refractivity contribution < 1.29 is 27.2 Å². The molecule has 2 saturated carbocycles. The van der Waals surface area contributed by atoms with Crippen molar-refractivity contribution in [3.63, 3.8) is 0 Å². The first-order valence-corrected chi connectivity index (χ1v) is 10.8. The molecule has 8 heteroatoms. The highest BCUT2D eigenvalue weighted by Crippen LogP contribution is 2.63. The van der Waals surface area contributed by atoms with Crippen LogP contribution in [0.5, 0.6) is 0 Å². The summed E-state index contributed by atoms with van der Waals surface area (Å²) in [7, 11) is 0. The maximum atomic E-state index is 13.8. The van der Waals surface area contributed by atoms with Gasteiger partial charge in [-0.25, -0.2) is 4.39 Å². The number of carbonyl (C=O) groups is 2. The van der Waals surface area contributed by atoms with E-state index in [2.05, 4.69) is 10.6 Å². The maximum Gasteiger partial charge on any atom is 0.416 e. The number of benzene rings is 2. The molecule has 168 valence electrons. The van der Waals surface area contributed by atoms with Crippen molar-refractivity contribution in [3.05, 3.63) is 64.5 Å². The molecular weight excluding hydrogens is 424 g/mol. The molecule has 32 heavy (non-hydrogen) atoms. The van der Waals surface area contributed by atoms with E-state index in [9.17, 15) is 27.2 Å². The monoisotopic (exact) mass is 446 g/mol. The number of amides is 2. The third-order valence-electron chi connectivity index (χ3n) is 7.20. The summed E-state index contributed by atoms with van der Waals surface area (Å²) in [6, 6.07) is 6.45. The third-order valence-corrected chi connectivity index (χ3v) is 7.20. The molecule has 2 unspecified atom stereocenters. The predicted octanol–water partition coefficient (Wildman–Crippen LogP) is 5.85. The summed E-state index contributed by atoms with van der Waals surface area (Å²) in [6.45, 7) is 0. The molecule has 0 aromatic heterocycles. The van der Waals surface area contributed by atoms with Crippen molar-refractivity contribution in [3.8, 4) is 0 Å². The summed E-state index contributed by atoms with van der Waals surface area (Å²) in [5.74, 6) is -1.96. The first-order chi connectivity index (χ1) is 15.2. The lowest BCUT2D eigenvalue weighted by atomic mass is 9.71. The van der Waals surface area contributed by atoms with Gasteiger partial charge in [0.05, 0.1) is 11.6 Å². The van der Waals surface area contributed by atoms with Crippen LogP contribution in [0.4, 0.5) is 23.2 Å². The molecule has 2 aliphatic carbocycles. The van der Waals surface area contributed by atoms with Crippen molar-refractivity contribution in [1.29, 1.82) is 0 Å². The molecule has 2 aromatic carbocycles. The predicted molar refractivity (Wildman–Crippen MR) is 110 cm³/mol. The van der Waals surface area contributed by atoms with Gasteiger partial charge in [-0.1, -0.05) is 18.9 Å². The molecule has 0 bridgehead atoms. The first kappa shape index (κ1) is 21.0. The van der Waals surface area contributed by atoms with Gasteiger partial charge in [0.15, 0.2) is 0 Å². The van der Waals surface area contributed by atoms with Gasteiger partial charge >= 0.3 is 6.18 Å². The molecule has 0 saturated heterocycles. The molecule has 4 nitrogen and oxygen atoms in total. The number of carbonyl (C=O) groups excluding carboxylic acids is 2. The minimum absolute atomic E-state index is 0.215. The van der Waals surface area contributed by atoms with Gasteiger partial charge in [0.25, 0.3) is 11.8 Å². The number of hydrogen-bond acceptors (Lipinski definition) is 2. The molecule has 3 aliphatic rings. The molecule has 0 radical (unpaired) electrons. The van der Waals surface area contributed by atoms with Gasteiger partial charge in [0.1, 0.15) is 5.82 Å². The third kappa shape index (κ3) is 3.55. The minimum atomic E-state index is -4.77. The van der Waals surface area contributed by atoms with Gasteiger partial charge < -0.3 is 10.6 Å². The van der Waals surface area contributed by atoms with Crippen LogP contribution in [0.15, 0.2) is 36.4 Å². The number of rotatable bonds is 3. The molecule has 2 atom stereocenters. The molecular formula is C24H22F4N2O2. The second kappa shape index (κ2) is 7.32. The van der Waals surface area contributed by atoms with Crippen LogP contribution in [0.1, 0.15) is 76.4 Å². The first-order valence-electron chi connectivity index (χ1n) is 10.8. The van der Waals surface area contributed by atoms with E-state index < -0.39 is 29.0 Å². The Hall–Kier alpha value is -2.90. The van der Waals surface area contributed by atoms with E-state index in [0.29, 0.717) is 28.9 Å². The fourth-order valence-corrected chi connectivity index (χ4v) is 5.51. The fourth-order valence-electron chi connectivity index (χ4n) is 5.51. The molecule has 2 amide bonds. The Morgan fingerprint density at radius 1 is 1.09 bits per heavy atom. The standard InChI is InChI=1S/C24H22F4N2O2/c25-15-11-13(10-14(12-15)24(26,27)28)21(31)29-18-6-3-4-16-19(18)20(30-22(16)32)17-5-1-2-7-23(17)8-9-23/h3-4,6,10-12,17,20H,1-2,5,7-9H2,(H,29,31)(H,30,32). The van der Waals surface area contributed by atoms with E-state index in [-0.39, 0.29) is 23.3 Å². The van der Waals surface area contributed by atoms with E-state index in [1.165, 1.54) is 6.42 Å². The maximum absolute atomic E-state index is 13.8. The van der Waals surface area contributed by atoms with Gasteiger partial charge in [-0.05, 0) is 67.3 Å². The summed E-state index contributed by atoms with van der Waals surface area (Å²) in [5, 5.41) is 5.71. The van der Waals surface area contributed by atoms with Crippen molar-refractivity contribution in [2.75, 3.05) is 5.32 Å². The molecule has 1 aliphatic heterocycles. The highest BCUT2D eigenvalue weighted by Gasteiger charge is 2.54.